The maximum Gasteiger partial charge on any atom is 0.291 e. The van der Waals surface area contributed by atoms with Gasteiger partial charge in [0.15, 0.2) is 0 Å². The van der Waals surface area contributed by atoms with Crippen molar-refractivity contribution in [2.45, 2.75) is 25.3 Å². The van der Waals surface area contributed by atoms with Crippen molar-refractivity contribution in [3.05, 3.63) is 40.3 Å². The predicted octanol–water partition coefficient (Wildman–Crippen LogP) is 1.35. The Bertz CT molecular complexity index is 778. The first-order valence-corrected chi connectivity index (χ1v) is 7.23. The van der Waals surface area contributed by atoms with Crippen molar-refractivity contribution >= 4 is 16.7 Å². The summed E-state index contributed by atoms with van der Waals surface area (Å²) < 4.78 is 6.20. The van der Waals surface area contributed by atoms with Crippen molar-refractivity contribution < 1.29 is 14.4 Å². The number of rotatable bonds is 4. The molecule has 1 amide bonds. The molecule has 0 aliphatic heterocycles. The lowest BCUT2D eigenvalue weighted by molar-refractivity contribution is 0.0849. The minimum Gasteiger partial charge on any atom is -0.497 e. The van der Waals surface area contributed by atoms with Crippen molar-refractivity contribution in [1.82, 2.24) is 10.0 Å². The summed E-state index contributed by atoms with van der Waals surface area (Å²) in [7, 11) is 2.93. The molecule has 3 rings (SSSR count). The Labute approximate surface area is 127 Å². The molecular formula is C16H18N2O4. The topological polar surface area (TPSA) is 69.6 Å². The van der Waals surface area contributed by atoms with Gasteiger partial charge in [0.25, 0.3) is 11.5 Å². The van der Waals surface area contributed by atoms with Crippen LogP contribution in [0.5, 0.6) is 5.75 Å². The Morgan fingerprint density at radius 1 is 1.27 bits per heavy atom. The van der Waals surface area contributed by atoms with Crippen molar-refractivity contribution in [2.75, 3.05) is 14.2 Å². The van der Waals surface area contributed by atoms with Gasteiger partial charge in [0.2, 0.25) is 0 Å². The Balaban J connectivity index is 2.10. The van der Waals surface area contributed by atoms with Gasteiger partial charge < -0.3 is 14.9 Å². The number of hydrogen-bond acceptors (Lipinski definition) is 4. The fourth-order valence-electron chi connectivity index (χ4n) is 2.56. The number of nitrogens with one attached hydrogen (secondary N) is 1. The maximum atomic E-state index is 12.5. The van der Waals surface area contributed by atoms with Crippen LogP contribution in [0.15, 0.2) is 29.1 Å². The van der Waals surface area contributed by atoms with E-state index >= 15 is 0 Å². The SMILES string of the molecule is COc1ccc2c(=O)n(OC)c(C(=O)NC3CCC3)cc2c1. The second kappa shape index (κ2) is 5.71. The molecule has 22 heavy (non-hydrogen) atoms. The molecule has 1 aromatic heterocycles. The zero-order valence-corrected chi connectivity index (χ0v) is 12.6. The third-order valence-corrected chi connectivity index (χ3v) is 4.04. The first-order chi connectivity index (χ1) is 10.6. The van der Waals surface area contributed by atoms with E-state index in [1.165, 1.54) is 7.11 Å². The molecule has 0 bridgehead atoms. The molecule has 1 fully saturated rings. The molecule has 6 nitrogen and oxygen atoms in total. The zero-order valence-electron chi connectivity index (χ0n) is 12.6. The molecule has 2 aromatic rings. The number of amides is 1. The van der Waals surface area contributed by atoms with E-state index in [4.69, 9.17) is 9.57 Å². The number of methoxy groups -OCH3 is 1. The lowest BCUT2D eigenvalue weighted by atomic mass is 9.93. The van der Waals surface area contributed by atoms with E-state index in [0.717, 1.165) is 24.0 Å². The third kappa shape index (κ3) is 2.41. The van der Waals surface area contributed by atoms with Crippen LogP contribution in [0.2, 0.25) is 0 Å². The first kappa shape index (κ1) is 14.4. The number of nitrogens with zero attached hydrogens (tertiary/aromatic N) is 1. The van der Waals surface area contributed by atoms with Gasteiger partial charge in [-0.3, -0.25) is 9.59 Å². The molecule has 1 heterocycles. The molecule has 1 saturated carbocycles. The van der Waals surface area contributed by atoms with E-state index in [1.807, 2.05) is 0 Å². The molecule has 0 spiro atoms. The largest absolute Gasteiger partial charge is 0.497 e. The third-order valence-electron chi connectivity index (χ3n) is 4.04. The number of hydrogen-bond donors (Lipinski definition) is 1. The molecule has 116 valence electrons. The van der Waals surface area contributed by atoms with Crippen LogP contribution in [-0.4, -0.2) is 30.9 Å². The lowest BCUT2D eigenvalue weighted by Crippen LogP contribution is -2.42. The van der Waals surface area contributed by atoms with Crippen LogP contribution in [0.25, 0.3) is 10.8 Å². The molecule has 0 saturated heterocycles. The maximum absolute atomic E-state index is 12.5. The summed E-state index contributed by atoms with van der Waals surface area (Å²) in [5, 5.41) is 4.04. The zero-order chi connectivity index (χ0) is 15.7. The van der Waals surface area contributed by atoms with Crippen molar-refractivity contribution in [1.29, 1.82) is 0 Å². The molecule has 0 radical (unpaired) electrons. The summed E-state index contributed by atoms with van der Waals surface area (Å²) in [6, 6.07) is 6.94. The van der Waals surface area contributed by atoms with Crippen molar-refractivity contribution in [3.8, 4) is 5.75 Å². The van der Waals surface area contributed by atoms with Crippen molar-refractivity contribution in [3.63, 3.8) is 0 Å². The second-order valence-corrected chi connectivity index (χ2v) is 5.37. The van der Waals surface area contributed by atoms with E-state index in [0.29, 0.717) is 16.5 Å². The summed E-state index contributed by atoms with van der Waals surface area (Å²) in [6.07, 6.45) is 3.08. The Morgan fingerprint density at radius 3 is 2.64 bits per heavy atom. The molecule has 1 N–H and O–H groups in total. The smallest absolute Gasteiger partial charge is 0.291 e. The van der Waals surface area contributed by atoms with Gasteiger partial charge in [0.05, 0.1) is 12.5 Å². The predicted molar refractivity (Wildman–Crippen MR) is 82.4 cm³/mol. The van der Waals surface area contributed by atoms with E-state index in [-0.39, 0.29) is 23.2 Å². The average molecular weight is 302 g/mol. The summed E-state index contributed by atoms with van der Waals surface area (Å²) >= 11 is 0. The highest BCUT2D eigenvalue weighted by molar-refractivity contribution is 5.97. The number of benzene rings is 1. The monoisotopic (exact) mass is 302 g/mol. The number of ether oxygens (including phenoxy) is 1. The van der Waals surface area contributed by atoms with Gasteiger partial charge in [-0.05, 0) is 48.9 Å². The lowest BCUT2D eigenvalue weighted by Gasteiger charge is -2.26. The number of carbonyl (C=O) groups excluding carboxylic acids is 1. The van der Waals surface area contributed by atoms with E-state index in [1.54, 1.807) is 31.4 Å². The fourth-order valence-corrected chi connectivity index (χ4v) is 2.56. The molecular weight excluding hydrogens is 284 g/mol. The molecule has 1 aliphatic carbocycles. The van der Waals surface area contributed by atoms with Gasteiger partial charge in [-0.2, -0.15) is 0 Å². The van der Waals surface area contributed by atoms with Crippen LogP contribution in [-0.2, 0) is 0 Å². The molecule has 6 heteroatoms. The normalized spacial score (nSPS) is 14.5. The van der Waals surface area contributed by atoms with Gasteiger partial charge in [-0.15, -0.1) is 4.73 Å². The van der Waals surface area contributed by atoms with Crippen LogP contribution >= 0.6 is 0 Å². The van der Waals surface area contributed by atoms with Crippen LogP contribution in [0, 0.1) is 0 Å². The average Bonchev–Trinajstić information content (AvgIpc) is 2.49. The van der Waals surface area contributed by atoms with Gasteiger partial charge in [-0.1, -0.05) is 0 Å². The molecule has 1 aliphatic rings. The Morgan fingerprint density at radius 2 is 2.05 bits per heavy atom. The van der Waals surface area contributed by atoms with Gasteiger partial charge in [0, 0.05) is 6.04 Å². The quantitative estimate of drug-likeness (QED) is 0.925. The van der Waals surface area contributed by atoms with Crippen LogP contribution in [0.1, 0.15) is 29.8 Å². The Hall–Kier alpha value is -2.50. The van der Waals surface area contributed by atoms with Crippen molar-refractivity contribution in [2.24, 2.45) is 0 Å². The number of carbonyl (C=O) groups is 1. The van der Waals surface area contributed by atoms with Crippen LogP contribution in [0.3, 0.4) is 0 Å². The highest BCUT2D eigenvalue weighted by Gasteiger charge is 2.23. The molecule has 0 atom stereocenters. The molecule has 1 aromatic carbocycles. The number of fused-ring (bicyclic) bond motifs is 1. The minimum absolute atomic E-state index is 0.189. The van der Waals surface area contributed by atoms with Crippen LogP contribution < -0.4 is 20.5 Å². The van der Waals surface area contributed by atoms with E-state index in [9.17, 15) is 9.59 Å². The summed E-state index contributed by atoms with van der Waals surface area (Å²) in [5.74, 6) is 0.334. The highest BCUT2D eigenvalue weighted by atomic mass is 16.7. The highest BCUT2D eigenvalue weighted by Crippen LogP contribution is 2.21. The van der Waals surface area contributed by atoms with E-state index < -0.39 is 0 Å². The minimum atomic E-state index is -0.360. The second-order valence-electron chi connectivity index (χ2n) is 5.37. The standard InChI is InChI=1S/C16H18N2O4/c1-21-12-6-7-13-10(8-12)9-14(18(22-2)16(13)20)15(19)17-11-4-3-5-11/h6-9,11H,3-5H2,1-2H3,(H,17,19). The fraction of sp³-hybridized carbons (Fsp3) is 0.375. The van der Waals surface area contributed by atoms with Gasteiger partial charge >= 0.3 is 0 Å². The molecule has 0 unspecified atom stereocenters. The van der Waals surface area contributed by atoms with Gasteiger partial charge in [0.1, 0.15) is 18.6 Å². The summed E-state index contributed by atoms with van der Waals surface area (Å²) in [5.41, 5.74) is -0.165. The summed E-state index contributed by atoms with van der Waals surface area (Å²) in [4.78, 5) is 30.0. The Kier molecular flexibility index (Phi) is 3.75. The number of aromatic nitrogens is 1. The summed E-state index contributed by atoms with van der Waals surface area (Å²) in [6.45, 7) is 0. The van der Waals surface area contributed by atoms with E-state index in [2.05, 4.69) is 5.32 Å². The first-order valence-electron chi connectivity index (χ1n) is 7.23. The van der Waals surface area contributed by atoms with Crippen LogP contribution in [0.4, 0.5) is 0 Å². The number of pyridine rings is 1. The van der Waals surface area contributed by atoms with Gasteiger partial charge in [-0.25, -0.2) is 0 Å².